The minimum atomic E-state index is -4.09. The first kappa shape index (κ1) is 23.1. The second-order valence-electron chi connectivity index (χ2n) is 6.50. The summed E-state index contributed by atoms with van der Waals surface area (Å²) in [6, 6.07) is 18.6. The second-order valence-corrected chi connectivity index (χ2v) is 8.77. The summed E-state index contributed by atoms with van der Waals surface area (Å²) in [5.74, 6) is -0.334. The summed E-state index contributed by atoms with van der Waals surface area (Å²) in [5.41, 5.74) is 2.85. The van der Waals surface area contributed by atoms with Crippen LogP contribution < -0.4 is 14.5 Å². The van der Waals surface area contributed by atoms with Crippen molar-refractivity contribution < 1.29 is 23.1 Å². The van der Waals surface area contributed by atoms with E-state index in [2.05, 4.69) is 10.5 Å². The van der Waals surface area contributed by atoms with Crippen LogP contribution in [0.2, 0.25) is 5.02 Å². The Morgan fingerprint density at radius 1 is 1.12 bits per heavy atom. The van der Waals surface area contributed by atoms with E-state index in [9.17, 15) is 18.3 Å². The van der Waals surface area contributed by atoms with Crippen molar-refractivity contribution in [3.63, 3.8) is 0 Å². The zero-order valence-corrected chi connectivity index (χ0v) is 18.5. The van der Waals surface area contributed by atoms with Crippen LogP contribution in [0.1, 0.15) is 5.56 Å². The highest BCUT2D eigenvalue weighted by molar-refractivity contribution is 7.92. The molecule has 0 radical (unpaired) electrons. The summed E-state index contributed by atoms with van der Waals surface area (Å²) in [4.78, 5) is 12.5. The van der Waals surface area contributed by atoms with Gasteiger partial charge in [0.1, 0.15) is 18.0 Å². The average molecular weight is 474 g/mol. The molecule has 0 fully saturated rings. The molecule has 3 aromatic rings. The Morgan fingerprint density at radius 3 is 2.47 bits per heavy atom. The fourth-order valence-electron chi connectivity index (χ4n) is 2.78. The molecule has 8 nitrogen and oxygen atoms in total. The van der Waals surface area contributed by atoms with Gasteiger partial charge < -0.3 is 9.84 Å². The maximum atomic E-state index is 13.3. The summed E-state index contributed by atoms with van der Waals surface area (Å²) >= 11 is 6.18. The van der Waals surface area contributed by atoms with E-state index in [1.807, 2.05) is 0 Å². The number of benzene rings is 3. The SMILES string of the molecule is COc1ccc(N(CC(=O)N/N=C/c2ccccc2O)S(=O)(=O)c2ccccc2)cc1Cl. The quantitative estimate of drug-likeness (QED) is 0.385. The number of hydrogen-bond acceptors (Lipinski definition) is 6. The molecule has 3 rings (SSSR count). The lowest BCUT2D eigenvalue weighted by Gasteiger charge is -2.24. The number of nitrogens with one attached hydrogen (secondary N) is 1. The molecule has 0 heterocycles. The fraction of sp³-hybridized carbons (Fsp3) is 0.0909. The standard InChI is InChI=1S/C22H20ClN3O5S/c1-31-21-12-11-17(13-19(21)23)26(32(29,30)18-8-3-2-4-9-18)15-22(28)25-24-14-16-7-5-6-10-20(16)27/h2-14,27H,15H2,1H3,(H,25,28)/b24-14+. The van der Waals surface area contributed by atoms with Crippen LogP contribution in [0.3, 0.4) is 0 Å². The van der Waals surface area contributed by atoms with Crippen molar-refractivity contribution in [1.29, 1.82) is 0 Å². The molecule has 166 valence electrons. The molecular weight excluding hydrogens is 454 g/mol. The Morgan fingerprint density at radius 2 is 1.81 bits per heavy atom. The third-order valence-electron chi connectivity index (χ3n) is 4.37. The van der Waals surface area contributed by atoms with E-state index in [0.29, 0.717) is 11.3 Å². The van der Waals surface area contributed by atoms with Crippen LogP contribution in [-0.2, 0) is 14.8 Å². The molecule has 0 aliphatic carbocycles. The number of carbonyl (C=O) groups is 1. The monoisotopic (exact) mass is 473 g/mol. The van der Waals surface area contributed by atoms with Gasteiger partial charge in [0.15, 0.2) is 0 Å². The number of hydrazone groups is 1. The predicted molar refractivity (Wildman–Crippen MR) is 123 cm³/mol. The van der Waals surface area contributed by atoms with Gasteiger partial charge in [-0.05, 0) is 42.5 Å². The van der Waals surface area contributed by atoms with Crippen molar-refractivity contribution in [2.45, 2.75) is 4.90 Å². The molecule has 32 heavy (non-hydrogen) atoms. The number of para-hydroxylation sites is 1. The molecule has 0 atom stereocenters. The minimum Gasteiger partial charge on any atom is -0.507 e. The van der Waals surface area contributed by atoms with Gasteiger partial charge in [-0.15, -0.1) is 0 Å². The van der Waals surface area contributed by atoms with Crippen LogP contribution in [0.4, 0.5) is 5.69 Å². The molecule has 1 amide bonds. The van der Waals surface area contributed by atoms with Crippen LogP contribution in [0.25, 0.3) is 0 Å². The lowest BCUT2D eigenvalue weighted by Crippen LogP contribution is -2.39. The number of hydrogen-bond donors (Lipinski definition) is 2. The maximum absolute atomic E-state index is 13.3. The van der Waals surface area contributed by atoms with E-state index >= 15 is 0 Å². The van der Waals surface area contributed by atoms with Crippen molar-refractivity contribution in [3.8, 4) is 11.5 Å². The Hall–Kier alpha value is -3.56. The Balaban J connectivity index is 1.88. The van der Waals surface area contributed by atoms with Gasteiger partial charge in [-0.3, -0.25) is 9.10 Å². The number of methoxy groups -OCH3 is 1. The molecule has 0 spiro atoms. The molecule has 0 unspecified atom stereocenters. The Kier molecular flexibility index (Phi) is 7.34. The van der Waals surface area contributed by atoms with Crippen LogP contribution in [-0.4, -0.2) is 39.3 Å². The molecular formula is C22H20ClN3O5S. The summed E-state index contributed by atoms with van der Waals surface area (Å²) in [6.07, 6.45) is 1.26. The highest BCUT2D eigenvalue weighted by Gasteiger charge is 2.27. The van der Waals surface area contributed by atoms with Crippen LogP contribution in [0, 0.1) is 0 Å². The molecule has 0 aliphatic rings. The summed E-state index contributed by atoms with van der Waals surface area (Å²) in [5, 5.41) is 13.7. The van der Waals surface area contributed by atoms with E-state index in [1.165, 1.54) is 49.7 Å². The summed E-state index contributed by atoms with van der Waals surface area (Å²) in [7, 11) is -2.65. The maximum Gasteiger partial charge on any atom is 0.264 e. The molecule has 0 saturated carbocycles. The van der Waals surface area contributed by atoms with Crippen molar-refractivity contribution in [2.75, 3.05) is 18.0 Å². The molecule has 2 N–H and O–H groups in total. The van der Waals surface area contributed by atoms with Crippen molar-refractivity contribution in [1.82, 2.24) is 5.43 Å². The first-order chi connectivity index (χ1) is 15.3. The smallest absolute Gasteiger partial charge is 0.264 e. The van der Waals surface area contributed by atoms with Gasteiger partial charge in [0.25, 0.3) is 15.9 Å². The molecule has 3 aromatic carbocycles. The third kappa shape index (κ3) is 5.37. The number of carbonyl (C=O) groups excluding carboxylic acids is 1. The minimum absolute atomic E-state index is 0.00773. The van der Waals surface area contributed by atoms with Crippen molar-refractivity contribution in [3.05, 3.63) is 83.4 Å². The first-order valence-corrected chi connectivity index (χ1v) is 11.2. The highest BCUT2D eigenvalue weighted by atomic mass is 35.5. The number of anilines is 1. The number of rotatable bonds is 8. The van der Waals surface area contributed by atoms with Gasteiger partial charge in [0.05, 0.1) is 28.9 Å². The Bertz CT molecular complexity index is 1230. The van der Waals surface area contributed by atoms with E-state index in [1.54, 1.807) is 36.4 Å². The average Bonchev–Trinajstić information content (AvgIpc) is 2.79. The molecule has 0 bridgehead atoms. The van der Waals surface area contributed by atoms with Gasteiger partial charge in [0.2, 0.25) is 0 Å². The lowest BCUT2D eigenvalue weighted by molar-refractivity contribution is -0.119. The van der Waals surface area contributed by atoms with E-state index < -0.39 is 22.5 Å². The van der Waals surface area contributed by atoms with Crippen LogP contribution in [0.5, 0.6) is 11.5 Å². The number of halogens is 1. The topological polar surface area (TPSA) is 108 Å². The van der Waals surface area contributed by atoms with E-state index in [4.69, 9.17) is 16.3 Å². The zero-order chi connectivity index (χ0) is 23.1. The van der Waals surface area contributed by atoms with Gasteiger partial charge >= 0.3 is 0 Å². The predicted octanol–water partition coefficient (Wildman–Crippen LogP) is 3.40. The largest absolute Gasteiger partial charge is 0.507 e. The third-order valence-corrected chi connectivity index (χ3v) is 6.45. The molecule has 10 heteroatoms. The number of ether oxygens (including phenoxy) is 1. The fourth-order valence-corrected chi connectivity index (χ4v) is 4.47. The highest BCUT2D eigenvalue weighted by Crippen LogP contribution is 2.31. The number of aromatic hydroxyl groups is 1. The first-order valence-electron chi connectivity index (χ1n) is 9.34. The van der Waals surface area contributed by atoms with Crippen molar-refractivity contribution >= 4 is 39.4 Å². The van der Waals surface area contributed by atoms with Gasteiger partial charge in [-0.2, -0.15) is 5.10 Å². The summed E-state index contributed by atoms with van der Waals surface area (Å²) < 4.78 is 32.6. The lowest BCUT2D eigenvalue weighted by atomic mass is 10.2. The summed E-state index contributed by atoms with van der Waals surface area (Å²) in [6.45, 7) is -0.558. The number of nitrogens with zero attached hydrogens (tertiary/aromatic N) is 2. The van der Waals surface area contributed by atoms with E-state index in [-0.39, 0.29) is 21.4 Å². The van der Waals surface area contributed by atoms with E-state index in [0.717, 1.165) is 4.31 Å². The second kappa shape index (κ2) is 10.2. The molecule has 0 aromatic heterocycles. The molecule has 0 aliphatic heterocycles. The number of phenols is 1. The Labute approximate surface area is 190 Å². The zero-order valence-electron chi connectivity index (χ0n) is 17.0. The number of sulfonamides is 1. The van der Waals surface area contributed by atoms with Gasteiger partial charge in [0, 0.05) is 5.56 Å². The number of amides is 1. The normalized spacial score (nSPS) is 11.3. The van der Waals surface area contributed by atoms with Crippen molar-refractivity contribution in [2.24, 2.45) is 5.10 Å². The van der Waals surface area contributed by atoms with Gasteiger partial charge in [-0.1, -0.05) is 41.9 Å². The van der Waals surface area contributed by atoms with Crippen LogP contribution in [0.15, 0.2) is 82.8 Å². The molecule has 0 saturated heterocycles. The number of phenolic OH excluding ortho intramolecular Hbond substituents is 1. The van der Waals surface area contributed by atoms with Crippen LogP contribution >= 0.6 is 11.6 Å². The van der Waals surface area contributed by atoms with Gasteiger partial charge in [-0.25, -0.2) is 13.8 Å².